The van der Waals surface area contributed by atoms with Gasteiger partial charge < -0.3 is 9.80 Å². The molecule has 0 saturated carbocycles. The van der Waals surface area contributed by atoms with Crippen molar-refractivity contribution in [3.63, 3.8) is 0 Å². The molecule has 0 aliphatic carbocycles. The standard InChI is InChI=1S/C26H30N6O/c1-18-14-32-25(19(2)27-18)13-24(28-32)21-6-5-7-22-8-9-23(17-31(22)26(33)12-21)30-11-10-20(16-30)15-29(3)4/h5-9,12-14,17,20H,10-11,15-16H2,1-4H3/b6-5?,21-12?,22-7+/t20-/m0/s1. The largest absolute Gasteiger partial charge is 0.370 e. The maximum absolute atomic E-state index is 13.3. The summed E-state index contributed by atoms with van der Waals surface area (Å²) in [6.45, 7) is 7.06. The molecule has 0 unspecified atom stereocenters. The van der Waals surface area contributed by atoms with E-state index < -0.39 is 0 Å². The van der Waals surface area contributed by atoms with Crippen LogP contribution >= 0.6 is 0 Å². The van der Waals surface area contributed by atoms with E-state index in [4.69, 9.17) is 5.10 Å². The Hall–Kier alpha value is -3.45. The van der Waals surface area contributed by atoms with Gasteiger partial charge in [0, 0.05) is 43.2 Å². The lowest BCUT2D eigenvalue weighted by Gasteiger charge is -2.28. The first kappa shape index (κ1) is 21.4. The molecule has 2 aromatic heterocycles. The van der Waals surface area contributed by atoms with Gasteiger partial charge >= 0.3 is 0 Å². The molecule has 1 atom stereocenters. The maximum Gasteiger partial charge on any atom is 0.255 e. The smallest absolute Gasteiger partial charge is 0.255 e. The number of hydrogen-bond donors (Lipinski definition) is 0. The summed E-state index contributed by atoms with van der Waals surface area (Å²) in [6, 6.07) is 1.99. The minimum absolute atomic E-state index is 0.0745. The number of allylic oxidation sites excluding steroid dienone is 6. The highest BCUT2D eigenvalue weighted by Gasteiger charge is 2.27. The predicted molar refractivity (Wildman–Crippen MR) is 130 cm³/mol. The Balaban J connectivity index is 1.42. The van der Waals surface area contributed by atoms with Gasteiger partial charge in [-0.15, -0.1) is 0 Å². The van der Waals surface area contributed by atoms with Crippen LogP contribution in [0.3, 0.4) is 0 Å². The zero-order chi connectivity index (χ0) is 23.1. The molecule has 1 fully saturated rings. The molecule has 0 bridgehead atoms. The highest BCUT2D eigenvalue weighted by molar-refractivity contribution is 5.99. The fourth-order valence-electron chi connectivity index (χ4n) is 4.84. The van der Waals surface area contributed by atoms with Crippen LogP contribution in [0.1, 0.15) is 23.5 Å². The summed E-state index contributed by atoms with van der Waals surface area (Å²) in [5.74, 6) is 0.579. The lowest BCUT2D eigenvalue weighted by atomic mass is 10.1. The van der Waals surface area contributed by atoms with Crippen LogP contribution in [-0.4, -0.2) is 68.9 Å². The molecular formula is C26H30N6O. The molecule has 0 spiro atoms. The third kappa shape index (κ3) is 4.28. The van der Waals surface area contributed by atoms with Crippen molar-refractivity contribution in [3.05, 3.63) is 83.4 Å². The minimum atomic E-state index is -0.0745. The van der Waals surface area contributed by atoms with Gasteiger partial charge in [-0.05, 0) is 64.6 Å². The zero-order valence-electron chi connectivity index (χ0n) is 19.7. The van der Waals surface area contributed by atoms with Gasteiger partial charge in [-0.2, -0.15) is 5.10 Å². The molecule has 5 heterocycles. The van der Waals surface area contributed by atoms with E-state index in [2.05, 4.69) is 35.0 Å². The van der Waals surface area contributed by atoms with Crippen molar-refractivity contribution in [2.75, 3.05) is 33.7 Å². The van der Waals surface area contributed by atoms with Gasteiger partial charge in [-0.3, -0.25) is 14.7 Å². The average Bonchev–Trinajstić information content (AvgIpc) is 3.38. The number of aryl methyl sites for hydroxylation is 2. The summed E-state index contributed by atoms with van der Waals surface area (Å²) in [4.78, 5) is 24.2. The molecule has 7 nitrogen and oxygen atoms in total. The molecule has 3 aliphatic rings. The van der Waals surface area contributed by atoms with Crippen molar-refractivity contribution in [1.29, 1.82) is 0 Å². The number of hydrogen-bond acceptors (Lipinski definition) is 5. The summed E-state index contributed by atoms with van der Waals surface area (Å²) in [6.07, 6.45) is 16.8. The average molecular weight is 443 g/mol. The van der Waals surface area contributed by atoms with Gasteiger partial charge in [0.25, 0.3) is 5.91 Å². The molecule has 0 aromatic carbocycles. The third-order valence-corrected chi connectivity index (χ3v) is 6.35. The van der Waals surface area contributed by atoms with Gasteiger partial charge in [0.2, 0.25) is 0 Å². The Bertz CT molecular complexity index is 1260. The number of nitrogens with zero attached hydrogens (tertiary/aromatic N) is 6. The molecule has 2 aromatic rings. The molecule has 1 saturated heterocycles. The van der Waals surface area contributed by atoms with Gasteiger partial charge in [-0.25, -0.2) is 4.52 Å². The van der Waals surface area contributed by atoms with Crippen LogP contribution in [0.4, 0.5) is 0 Å². The first-order valence-electron chi connectivity index (χ1n) is 11.4. The number of amides is 1. The van der Waals surface area contributed by atoms with Crippen molar-refractivity contribution < 1.29 is 4.79 Å². The Labute approximate surface area is 194 Å². The zero-order valence-corrected chi connectivity index (χ0v) is 19.7. The number of rotatable bonds is 4. The van der Waals surface area contributed by atoms with E-state index in [9.17, 15) is 4.79 Å². The third-order valence-electron chi connectivity index (χ3n) is 6.35. The Morgan fingerprint density at radius 1 is 1.15 bits per heavy atom. The SMILES string of the molecule is Cc1cn2nc(C3=CC(=O)N4C=C(N5CC[C@@H](CN(C)C)C5)C=C/C4=C\C=C3)cc2c(C)n1. The highest BCUT2D eigenvalue weighted by Crippen LogP contribution is 2.28. The summed E-state index contributed by atoms with van der Waals surface area (Å²) in [5.41, 5.74) is 6.27. The van der Waals surface area contributed by atoms with E-state index in [1.807, 2.05) is 61.1 Å². The van der Waals surface area contributed by atoms with E-state index in [-0.39, 0.29) is 5.91 Å². The van der Waals surface area contributed by atoms with Crippen molar-refractivity contribution in [3.8, 4) is 0 Å². The summed E-state index contributed by atoms with van der Waals surface area (Å²) < 4.78 is 1.84. The number of aromatic nitrogens is 3. The topological polar surface area (TPSA) is 57.0 Å². The van der Waals surface area contributed by atoms with Gasteiger partial charge in [0.1, 0.15) is 0 Å². The molecule has 0 N–H and O–H groups in total. The number of carbonyl (C=O) groups is 1. The lowest BCUT2D eigenvalue weighted by Crippen LogP contribution is -2.30. The number of fused-ring (bicyclic) bond motifs is 2. The van der Waals surface area contributed by atoms with E-state index >= 15 is 0 Å². The molecule has 170 valence electrons. The summed E-state index contributed by atoms with van der Waals surface area (Å²) >= 11 is 0. The van der Waals surface area contributed by atoms with Gasteiger partial charge in [0.15, 0.2) is 0 Å². The maximum atomic E-state index is 13.3. The van der Waals surface area contributed by atoms with Crippen LogP contribution in [0.25, 0.3) is 11.1 Å². The van der Waals surface area contributed by atoms with Crippen molar-refractivity contribution in [1.82, 2.24) is 29.3 Å². The van der Waals surface area contributed by atoms with Crippen LogP contribution in [-0.2, 0) is 4.79 Å². The fraction of sp³-hybridized carbons (Fsp3) is 0.346. The second-order valence-corrected chi connectivity index (χ2v) is 9.34. The summed E-state index contributed by atoms with van der Waals surface area (Å²) in [7, 11) is 4.25. The van der Waals surface area contributed by atoms with Crippen molar-refractivity contribution in [2.45, 2.75) is 20.3 Å². The molecule has 3 aliphatic heterocycles. The fourth-order valence-corrected chi connectivity index (χ4v) is 4.84. The Morgan fingerprint density at radius 2 is 1.97 bits per heavy atom. The first-order valence-corrected chi connectivity index (χ1v) is 11.4. The molecule has 1 amide bonds. The quantitative estimate of drug-likeness (QED) is 0.727. The Kier molecular flexibility index (Phi) is 5.50. The number of carbonyl (C=O) groups excluding carboxylic acids is 1. The van der Waals surface area contributed by atoms with Gasteiger partial charge in [0.05, 0.1) is 34.5 Å². The van der Waals surface area contributed by atoms with Crippen LogP contribution in [0.2, 0.25) is 0 Å². The highest BCUT2D eigenvalue weighted by atomic mass is 16.2. The molecule has 0 radical (unpaired) electrons. The molecular weight excluding hydrogens is 412 g/mol. The normalized spacial score (nSPS) is 22.3. The van der Waals surface area contributed by atoms with Gasteiger partial charge in [-0.1, -0.05) is 12.2 Å². The van der Waals surface area contributed by atoms with E-state index in [0.29, 0.717) is 5.92 Å². The molecule has 5 rings (SSSR count). The molecule has 7 heteroatoms. The Morgan fingerprint density at radius 3 is 2.79 bits per heavy atom. The van der Waals surface area contributed by atoms with Crippen LogP contribution in [0, 0.1) is 19.8 Å². The van der Waals surface area contributed by atoms with Crippen molar-refractivity contribution >= 4 is 17.0 Å². The second kappa shape index (κ2) is 8.48. The van der Waals surface area contributed by atoms with Crippen LogP contribution in [0.15, 0.2) is 66.3 Å². The van der Waals surface area contributed by atoms with Crippen molar-refractivity contribution in [2.24, 2.45) is 5.92 Å². The summed E-state index contributed by atoms with van der Waals surface area (Å²) in [5, 5.41) is 4.70. The first-order chi connectivity index (χ1) is 15.9. The minimum Gasteiger partial charge on any atom is -0.370 e. The van der Waals surface area contributed by atoms with Crippen LogP contribution in [0.5, 0.6) is 0 Å². The van der Waals surface area contributed by atoms with Crippen LogP contribution < -0.4 is 0 Å². The predicted octanol–water partition coefficient (Wildman–Crippen LogP) is 3.31. The molecule has 33 heavy (non-hydrogen) atoms. The van der Waals surface area contributed by atoms with E-state index in [1.165, 1.54) is 6.42 Å². The van der Waals surface area contributed by atoms with E-state index in [0.717, 1.165) is 59.2 Å². The lowest BCUT2D eigenvalue weighted by molar-refractivity contribution is -0.122. The number of likely N-dealkylation sites (tertiary alicyclic amines) is 1. The monoisotopic (exact) mass is 442 g/mol. The second-order valence-electron chi connectivity index (χ2n) is 9.34. The van der Waals surface area contributed by atoms with E-state index in [1.54, 1.807) is 11.0 Å².